The highest BCUT2D eigenvalue weighted by Gasteiger charge is 2.23. The van der Waals surface area contributed by atoms with Gasteiger partial charge in [-0.15, -0.1) is 0 Å². The predicted molar refractivity (Wildman–Crippen MR) is 74.9 cm³/mol. The number of likely N-dealkylation sites (tertiary alicyclic amines) is 1. The Hall–Kier alpha value is -1.72. The molecule has 1 aliphatic heterocycles. The molecule has 1 fully saturated rings. The van der Waals surface area contributed by atoms with E-state index in [0.717, 1.165) is 30.6 Å². The lowest BCUT2D eigenvalue weighted by Crippen LogP contribution is -2.21. The molecule has 0 amide bonds. The van der Waals surface area contributed by atoms with Crippen molar-refractivity contribution in [2.75, 3.05) is 19.7 Å². The van der Waals surface area contributed by atoms with Crippen LogP contribution in [-0.2, 0) is 6.54 Å². The number of benzene rings is 1. The number of aromatic nitrogens is 2. The van der Waals surface area contributed by atoms with E-state index in [-0.39, 0.29) is 6.61 Å². The van der Waals surface area contributed by atoms with Crippen molar-refractivity contribution >= 4 is 0 Å². The first-order valence-corrected chi connectivity index (χ1v) is 6.98. The fraction of sp³-hybridized carbons (Fsp3) is 0.467. The largest absolute Gasteiger partial charge is 0.396 e. The van der Waals surface area contributed by atoms with Gasteiger partial charge in [-0.25, -0.2) is 0 Å². The number of rotatable bonds is 4. The van der Waals surface area contributed by atoms with Crippen LogP contribution in [0, 0.1) is 12.8 Å². The minimum absolute atomic E-state index is 0.259. The zero-order chi connectivity index (χ0) is 13.9. The monoisotopic (exact) mass is 273 g/mol. The Balaban J connectivity index is 1.70. The molecule has 106 valence electrons. The van der Waals surface area contributed by atoms with E-state index in [2.05, 4.69) is 15.0 Å². The van der Waals surface area contributed by atoms with Crippen molar-refractivity contribution in [2.24, 2.45) is 5.92 Å². The average molecular weight is 273 g/mol. The Bertz CT molecular complexity index is 582. The lowest BCUT2D eigenvalue weighted by molar-refractivity contribution is 0.211. The Morgan fingerprint density at radius 2 is 2.25 bits per heavy atom. The standard InChI is InChI=1S/C15H19N3O2/c1-11-4-2-3-5-13(11)15-16-14(20-17-15)9-18-7-6-12(8-18)10-19/h2-5,12,19H,6-10H2,1H3. The zero-order valence-corrected chi connectivity index (χ0v) is 11.6. The summed E-state index contributed by atoms with van der Waals surface area (Å²) >= 11 is 0. The van der Waals surface area contributed by atoms with Crippen LogP contribution >= 0.6 is 0 Å². The van der Waals surface area contributed by atoms with Gasteiger partial charge in [-0.05, 0) is 31.4 Å². The van der Waals surface area contributed by atoms with Crippen molar-refractivity contribution in [3.05, 3.63) is 35.7 Å². The lowest BCUT2D eigenvalue weighted by Gasteiger charge is -2.11. The topological polar surface area (TPSA) is 62.4 Å². The summed E-state index contributed by atoms with van der Waals surface area (Å²) in [6.07, 6.45) is 1.04. The summed E-state index contributed by atoms with van der Waals surface area (Å²) in [5, 5.41) is 13.2. The van der Waals surface area contributed by atoms with E-state index in [9.17, 15) is 0 Å². The van der Waals surface area contributed by atoms with Crippen molar-refractivity contribution in [3.63, 3.8) is 0 Å². The van der Waals surface area contributed by atoms with Crippen LogP contribution in [-0.4, -0.2) is 39.8 Å². The van der Waals surface area contributed by atoms with Crippen molar-refractivity contribution in [3.8, 4) is 11.4 Å². The molecule has 1 atom stereocenters. The van der Waals surface area contributed by atoms with Crippen LogP contribution in [0.1, 0.15) is 17.9 Å². The third-order valence-corrected chi connectivity index (χ3v) is 3.84. The fourth-order valence-corrected chi connectivity index (χ4v) is 2.65. The number of hydrogen-bond donors (Lipinski definition) is 1. The molecule has 0 bridgehead atoms. The van der Waals surface area contributed by atoms with Gasteiger partial charge in [0.2, 0.25) is 11.7 Å². The van der Waals surface area contributed by atoms with Crippen LogP contribution in [0.3, 0.4) is 0 Å². The Labute approximate surface area is 118 Å². The lowest BCUT2D eigenvalue weighted by atomic mass is 10.1. The number of aryl methyl sites for hydroxylation is 1. The maximum Gasteiger partial charge on any atom is 0.241 e. The highest BCUT2D eigenvalue weighted by molar-refractivity contribution is 5.58. The molecule has 20 heavy (non-hydrogen) atoms. The molecule has 1 aromatic carbocycles. The minimum Gasteiger partial charge on any atom is -0.396 e. The summed E-state index contributed by atoms with van der Waals surface area (Å²) in [6.45, 7) is 4.84. The smallest absolute Gasteiger partial charge is 0.241 e. The normalized spacial score (nSPS) is 19.6. The second kappa shape index (κ2) is 5.73. The Kier molecular flexibility index (Phi) is 3.80. The molecule has 2 aromatic rings. The number of aliphatic hydroxyl groups excluding tert-OH is 1. The summed E-state index contributed by atoms with van der Waals surface area (Å²) in [6, 6.07) is 8.02. The second-order valence-electron chi connectivity index (χ2n) is 5.40. The van der Waals surface area contributed by atoms with Crippen LogP contribution in [0.2, 0.25) is 0 Å². The van der Waals surface area contributed by atoms with Crippen molar-refractivity contribution in [2.45, 2.75) is 19.9 Å². The van der Waals surface area contributed by atoms with Crippen LogP contribution in [0.15, 0.2) is 28.8 Å². The van der Waals surface area contributed by atoms with E-state index in [1.54, 1.807) is 0 Å². The molecule has 2 heterocycles. The molecule has 0 aliphatic carbocycles. The molecule has 0 radical (unpaired) electrons. The van der Waals surface area contributed by atoms with E-state index in [4.69, 9.17) is 9.63 Å². The van der Waals surface area contributed by atoms with Crippen LogP contribution < -0.4 is 0 Å². The maximum absolute atomic E-state index is 9.16. The van der Waals surface area contributed by atoms with Gasteiger partial charge in [-0.2, -0.15) is 4.98 Å². The third kappa shape index (κ3) is 2.73. The molecule has 1 unspecified atom stereocenters. The summed E-state index contributed by atoms with van der Waals surface area (Å²) in [7, 11) is 0. The van der Waals surface area contributed by atoms with Gasteiger partial charge in [0.25, 0.3) is 0 Å². The van der Waals surface area contributed by atoms with Crippen molar-refractivity contribution in [1.29, 1.82) is 0 Å². The molecule has 1 N–H and O–H groups in total. The number of aliphatic hydroxyl groups is 1. The molecular weight excluding hydrogens is 254 g/mol. The number of nitrogens with zero attached hydrogens (tertiary/aromatic N) is 3. The maximum atomic E-state index is 9.16. The van der Waals surface area contributed by atoms with E-state index >= 15 is 0 Å². The molecule has 0 spiro atoms. The highest BCUT2D eigenvalue weighted by Crippen LogP contribution is 2.21. The van der Waals surface area contributed by atoms with Gasteiger partial charge >= 0.3 is 0 Å². The van der Waals surface area contributed by atoms with Gasteiger partial charge in [0.05, 0.1) is 6.54 Å². The molecule has 3 rings (SSSR count). The van der Waals surface area contributed by atoms with E-state index < -0.39 is 0 Å². The molecule has 1 aliphatic rings. The summed E-state index contributed by atoms with van der Waals surface area (Å²) < 4.78 is 5.34. The van der Waals surface area contributed by atoms with Crippen molar-refractivity contribution < 1.29 is 9.63 Å². The predicted octanol–water partition coefficient (Wildman–Crippen LogP) is 1.86. The van der Waals surface area contributed by atoms with Crippen LogP contribution in [0.5, 0.6) is 0 Å². The van der Waals surface area contributed by atoms with Crippen LogP contribution in [0.25, 0.3) is 11.4 Å². The van der Waals surface area contributed by atoms with Gasteiger partial charge in [-0.1, -0.05) is 29.4 Å². The summed E-state index contributed by atoms with van der Waals surface area (Å²) in [4.78, 5) is 6.72. The van der Waals surface area contributed by atoms with E-state index in [1.165, 1.54) is 0 Å². The third-order valence-electron chi connectivity index (χ3n) is 3.84. The SMILES string of the molecule is Cc1ccccc1-c1noc(CN2CCC(CO)C2)n1. The van der Waals surface area contributed by atoms with Gasteiger partial charge in [-0.3, -0.25) is 4.90 Å². The van der Waals surface area contributed by atoms with Gasteiger partial charge < -0.3 is 9.63 Å². The summed E-state index contributed by atoms with van der Waals surface area (Å²) in [5.41, 5.74) is 2.15. The molecule has 0 saturated carbocycles. The molecule has 1 saturated heterocycles. The van der Waals surface area contributed by atoms with Gasteiger partial charge in [0.15, 0.2) is 0 Å². The Morgan fingerprint density at radius 1 is 1.40 bits per heavy atom. The Morgan fingerprint density at radius 3 is 3.00 bits per heavy atom. The quantitative estimate of drug-likeness (QED) is 0.921. The fourth-order valence-electron chi connectivity index (χ4n) is 2.65. The minimum atomic E-state index is 0.259. The van der Waals surface area contributed by atoms with Gasteiger partial charge in [0.1, 0.15) is 0 Å². The van der Waals surface area contributed by atoms with Crippen molar-refractivity contribution in [1.82, 2.24) is 15.0 Å². The molecular formula is C15H19N3O2. The van der Waals surface area contributed by atoms with E-state index in [1.807, 2.05) is 31.2 Å². The first kappa shape index (κ1) is 13.3. The van der Waals surface area contributed by atoms with E-state index in [0.29, 0.717) is 24.2 Å². The summed E-state index contributed by atoms with van der Waals surface area (Å²) in [5.74, 6) is 1.67. The second-order valence-corrected chi connectivity index (χ2v) is 5.40. The first-order valence-electron chi connectivity index (χ1n) is 6.98. The van der Waals surface area contributed by atoms with Crippen LogP contribution in [0.4, 0.5) is 0 Å². The van der Waals surface area contributed by atoms with Gasteiger partial charge in [0, 0.05) is 18.7 Å². The first-order chi connectivity index (χ1) is 9.76. The molecule has 5 nitrogen and oxygen atoms in total. The zero-order valence-electron chi connectivity index (χ0n) is 11.6. The number of hydrogen-bond acceptors (Lipinski definition) is 5. The molecule has 1 aromatic heterocycles. The highest BCUT2D eigenvalue weighted by atomic mass is 16.5. The molecule has 5 heteroatoms. The average Bonchev–Trinajstić information content (AvgIpc) is 3.09.